The topological polar surface area (TPSA) is 54.9 Å². The summed E-state index contributed by atoms with van der Waals surface area (Å²) in [7, 11) is 1.62. The third-order valence-corrected chi connectivity index (χ3v) is 2.58. The minimum atomic E-state index is -0.281. The summed E-state index contributed by atoms with van der Waals surface area (Å²) in [5, 5.41) is 0.699. The molecule has 0 amide bonds. The second kappa shape index (κ2) is 3.24. The average molecular weight is 225 g/mol. The van der Waals surface area contributed by atoms with Gasteiger partial charge in [-0.3, -0.25) is 9.59 Å². The molecule has 4 nitrogen and oxygen atoms in total. The van der Waals surface area contributed by atoms with E-state index < -0.39 is 0 Å². The summed E-state index contributed by atoms with van der Waals surface area (Å²) in [6, 6.07) is 3.14. The number of fused-ring (bicyclic) bond motifs is 1. The predicted molar refractivity (Wildman–Crippen MR) is 59.6 cm³/mol. The Morgan fingerprint density at radius 3 is 2.67 bits per heavy atom. The van der Waals surface area contributed by atoms with Crippen molar-refractivity contribution in [2.45, 2.75) is 6.92 Å². The van der Waals surface area contributed by atoms with Crippen molar-refractivity contribution in [2.75, 3.05) is 0 Å². The Morgan fingerprint density at radius 1 is 1.33 bits per heavy atom. The van der Waals surface area contributed by atoms with E-state index in [2.05, 4.69) is 4.98 Å². The number of aryl methyl sites for hydroxylation is 2. The lowest BCUT2D eigenvalue weighted by atomic mass is 10.2. The van der Waals surface area contributed by atoms with Crippen LogP contribution in [-0.4, -0.2) is 9.55 Å². The minimum absolute atomic E-state index is 0.121. The maximum absolute atomic E-state index is 11.6. The molecule has 0 aliphatic rings. The number of aromatic nitrogens is 2. The standard InChI is InChI=1S/C10H9ClN2O2/c1-5-3-6-7(13(2)10(5)15)4-8(11)12-9(6)14/h3-4H,1-2H3,(H,12,14). The lowest BCUT2D eigenvalue weighted by molar-refractivity contribution is 0.891. The first-order valence-electron chi connectivity index (χ1n) is 4.40. The van der Waals surface area contributed by atoms with Crippen LogP contribution in [0.4, 0.5) is 0 Å². The van der Waals surface area contributed by atoms with Gasteiger partial charge in [0.1, 0.15) is 5.15 Å². The molecule has 0 spiro atoms. The van der Waals surface area contributed by atoms with Crippen LogP contribution < -0.4 is 11.1 Å². The van der Waals surface area contributed by atoms with Crippen molar-refractivity contribution < 1.29 is 0 Å². The Bertz CT molecular complexity index is 655. The second-order valence-electron chi connectivity index (χ2n) is 3.44. The van der Waals surface area contributed by atoms with Gasteiger partial charge in [0.2, 0.25) is 0 Å². The van der Waals surface area contributed by atoms with Gasteiger partial charge < -0.3 is 9.55 Å². The van der Waals surface area contributed by atoms with Gasteiger partial charge in [0.15, 0.2) is 0 Å². The van der Waals surface area contributed by atoms with Gasteiger partial charge in [-0.2, -0.15) is 0 Å². The molecular weight excluding hydrogens is 216 g/mol. The highest BCUT2D eigenvalue weighted by atomic mass is 35.5. The molecule has 0 unspecified atom stereocenters. The molecule has 0 fully saturated rings. The van der Waals surface area contributed by atoms with E-state index in [0.29, 0.717) is 16.5 Å². The lowest BCUT2D eigenvalue weighted by Gasteiger charge is -2.05. The smallest absolute Gasteiger partial charge is 0.258 e. The first-order chi connectivity index (χ1) is 7.00. The Balaban J connectivity index is 3.13. The Labute approximate surface area is 90.1 Å². The Kier molecular flexibility index (Phi) is 2.16. The molecule has 0 bridgehead atoms. The van der Waals surface area contributed by atoms with Crippen LogP contribution in [0.1, 0.15) is 5.56 Å². The molecule has 2 rings (SSSR count). The molecule has 0 aliphatic heterocycles. The molecule has 0 saturated heterocycles. The predicted octanol–water partition coefficient (Wildman–Crippen LogP) is 1.19. The molecule has 0 aromatic carbocycles. The zero-order valence-corrected chi connectivity index (χ0v) is 9.05. The maximum Gasteiger partial charge on any atom is 0.258 e. The number of halogens is 1. The average Bonchev–Trinajstić information content (AvgIpc) is 2.17. The Hall–Kier alpha value is -1.55. The summed E-state index contributed by atoms with van der Waals surface area (Å²) >= 11 is 5.72. The first kappa shape index (κ1) is 9.98. The maximum atomic E-state index is 11.6. The van der Waals surface area contributed by atoms with Crippen LogP contribution in [0.3, 0.4) is 0 Å². The van der Waals surface area contributed by atoms with Crippen molar-refractivity contribution in [3.05, 3.63) is 43.6 Å². The number of nitrogens with zero attached hydrogens (tertiary/aromatic N) is 1. The molecule has 2 aromatic rings. The molecule has 2 heterocycles. The van der Waals surface area contributed by atoms with E-state index >= 15 is 0 Å². The third kappa shape index (κ3) is 1.47. The van der Waals surface area contributed by atoms with Crippen LogP contribution >= 0.6 is 11.6 Å². The summed E-state index contributed by atoms with van der Waals surface area (Å²) in [5.41, 5.74) is 0.678. The number of H-pyrrole nitrogens is 1. The van der Waals surface area contributed by atoms with Gasteiger partial charge in [-0.15, -0.1) is 0 Å². The molecule has 15 heavy (non-hydrogen) atoms. The fourth-order valence-electron chi connectivity index (χ4n) is 1.60. The van der Waals surface area contributed by atoms with Crippen molar-refractivity contribution in [1.82, 2.24) is 9.55 Å². The van der Waals surface area contributed by atoms with E-state index in [1.807, 2.05) is 0 Å². The third-order valence-electron chi connectivity index (χ3n) is 2.38. The van der Waals surface area contributed by atoms with Crippen molar-refractivity contribution in [1.29, 1.82) is 0 Å². The van der Waals surface area contributed by atoms with Crippen LogP contribution in [-0.2, 0) is 7.05 Å². The monoisotopic (exact) mass is 224 g/mol. The molecule has 0 radical (unpaired) electrons. The Morgan fingerprint density at radius 2 is 2.00 bits per heavy atom. The first-order valence-corrected chi connectivity index (χ1v) is 4.77. The van der Waals surface area contributed by atoms with Gasteiger partial charge in [0.05, 0.1) is 10.9 Å². The number of nitrogens with one attached hydrogen (secondary N) is 1. The molecule has 0 saturated carbocycles. The molecule has 0 aliphatic carbocycles. The van der Waals surface area contributed by atoms with Gasteiger partial charge >= 0.3 is 0 Å². The van der Waals surface area contributed by atoms with Crippen LogP contribution in [0.5, 0.6) is 0 Å². The van der Waals surface area contributed by atoms with Crippen LogP contribution in [0, 0.1) is 6.92 Å². The van der Waals surface area contributed by atoms with E-state index in [4.69, 9.17) is 11.6 Å². The molecule has 78 valence electrons. The lowest BCUT2D eigenvalue weighted by Crippen LogP contribution is -2.22. The van der Waals surface area contributed by atoms with E-state index in [0.717, 1.165) is 0 Å². The van der Waals surface area contributed by atoms with Gasteiger partial charge in [0, 0.05) is 12.6 Å². The van der Waals surface area contributed by atoms with Crippen molar-refractivity contribution >= 4 is 22.5 Å². The number of pyridine rings is 2. The molecule has 1 N–H and O–H groups in total. The van der Waals surface area contributed by atoms with Gasteiger partial charge in [-0.1, -0.05) is 11.6 Å². The van der Waals surface area contributed by atoms with Crippen molar-refractivity contribution in [3.63, 3.8) is 0 Å². The zero-order chi connectivity index (χ0) is 11.2. The van der Waals surface area contributed by atoms with E-state index in [9.17, 15) is 9.59 Å². The van der Waals surface area contributed by atoms with Crippen molar-refractivity contribution in [2.24, 2.45) is 7.05 Å². The fourth-order valence-corrected chi connectivity index (χ4v) is 1.78. The van der Waals surface area contributed by atoms with Gasteiger partial charge in [-0.25, -0.2) is 0 Å². The van der Waals surface area contributed by atoms with E-state index in [1.54, 1.807) is 26.1 Å². The highest BCUT2D eigenvalue weighted by Gasteiger charge is 2.07. The number of hydrogen-bond acceptors (Lipinski definition) is 2. The molecule has 0 atom stereocenters. The van der Waals surface area contributed by atoms with Crippen molar-refractivity contribution in [3.8, 4) is 0 Å². The summed E-state index contributed by atoms with van der Waals surface area (Å²) in [5.74, 6) is 0. The van der Waals surface area contributed by atoms with Crippen LogP contribution in [0.25, 0.3) is 10.9 Å². The fraction of sp³-hybridized carbons (Fsp3) is 0.200. The quantitative estimate of drug-likeness (QED) is 0.684. The molecular formula is C10H9ClN2O2. The number of hydrogen-bond donors (Lipinski definition) is 1. The second-order valence-corrected chi connectivity index (χ2v) is 3.84. The summed E-state index contributed by atoms with van der Waals surface area (Å²) in [6.07, 6.45) is 0. The largest absolute Gasteiger partial charge is 0.312 e. The number of aromatic amines is 1. The summed E-state index contributed by atoms with van der Waals surface area (Å²) in [6.45, 7) is 1.68. The molecule has 5 heteroatoms. The summed E-state index contributed by atoms with van der Waals surface area (Å²) in [4.78, 5) is 25.7. The van der Waals surface area contributed by atoms with Crippen LogP contribution in [0.2, 0.25) is 5.15 Å². The van der Waals surface area contributed by atoms with Crippen LogP contribution in [0.15, 0.2) is 21.7 Å². The normalized spacial score (nSPS) is 10.9. The minimum Gasteiger partial charge on any atom is -0.312 e. The van der Waals surface area contributed by atoms with E-state index in [1.165, 1.54) is 4.57 Å². The van der Waals surface area contributed by atoms with Gasteiger partial charge in [-0.05, 0) is 19.1 Å². The SMILES string of the molecule is Cc1cc2c(=O)[nH]c(Cl)cc2n(C)c1=O. The zero-order valence-electron chi connectivity index (χ0n) is 8.30. The summed E-state index contributed by atoms with van der Waals surface area (Å²) < 4.78 is 1.42. The highest BCUT2D eigenvalue weighted by Crippen LogP contribution is 2.11. The highest BCUT2D eigenvalue weighted by molar-refractivity contribution is 6.29. The number of rotatable bonds is 0. The van der Waals surface area contributed by atoms with E-state index in [-0.39, 0.29) is 16.3 Å². The van der Waals surface area contributed by atoms with Gasteiger partial charge in [0.25, 0.3) is 11.1 Å². The molecule has 2 aromatic heterocycles.